The zero-order valence-corrected chi connectivity index (χ0v) is 12.0. The van der Waals surface area contributed by atoms with Crippen molar-refractivity contribution >= 4 is 0 Å². The van der Waals surface area contributed by atoms with Crippen LogP contribution in [0.1, 0.15) is 64.7 Å². The molecule has 1 heterocycles. The van der Waals surface area contributed by atoms with Gasteiger partial charge in [0, 0.05) is 24.4 Å². The lowest BCUT2D eigenvalue weighted by molar-refractivity contribution is 0.0555. The third-order valence-corrected chi connectivity index (χ3v) is 4.27. The van der Waals surface area contributed by atoms with Crippen LogP contribution in [-0.2, 0) is 0 Å². The highest BCUT2D eigenvalue weighted by Gasteiger charge is 2.33. The molecule has 1 aliphatic carbocycles. The summed E-state index contributed by atoms with van der Waals surface area (Å²) in [7, 11) is 0. The van der Waals surface area contributed by atoms with Gasteiger partial charge in [-0.3, -0.25) is 0 Å². The predicted molar refractivity (Wildman–Crippen MR) is 73.5 cm³/mol. The Balaban J connectivity index is 2.29. The predicted octanol–water partition coefficient (Wildman–Crippen LogP) is 3.36. The standard InChI is InChI=1S/C15H26N2O/c1-10(2)13-6-5-12(18)9-14(13)17-8-7-16-15(17)11(3)4/h7-8,10-14,18H,5-6,9H2,1-4H3. The van der Waals surface area contributed by atoms with Crippen LogP contribution >= 0.6 is 0 Å². The summed E-state index contributed by atoms with van der Waals surface area (Å²) in [6.07, 6.45) is 6.79. The molecule has 0 bridgehead atoms. The lowest BCUT2D eigenvalue weighted by Gasteiger charge is -2.38. The number of rotatable bonds is 3. The summed E-state index contributed by atoms with van der Waals surface area (Å²) in [5.74, 6) is 2.90. The fraction of sp³-hybridized carbons (Fsp3) is 0.800. The molecule has 0 amide bonds. The van der Waals surface area contributed by atoms with Crippen molar-refractivity contribution in [1.29, 1.82) is 0 Å². The first-order valence-electron chi connectivity index (χ1n) is 7.21. The molecular weight excluding hydrogens is 224 g/mol. The summed E-state index contributed by atoms with van der Waals surface area (Å²) in [4.78, 5) is 4.49. The molecule has 3 atom stereocenters. The molecule has 0 saturated heterocycles. The molecule has 1 aromatic heterocycles. The van der Waals surface area contributed by atoms with Crippen molar-refractivity contribution in [2.75, 3.05) is 0 Å². The molecule has 0 aliphatic heterocycles. The maximum atomic E-state index is 9.97. The van der Waals surface area contributed by atoms with E-state index in [9.17, 15) is 5.11 Å². The summed E-state index contributed by atoms with van der Waals surface area (Å²) in [5, 5.41) is 9.97. The number of aliphatic hydroxyl groups excluding tert-OH is 1. The van der Waals surface area contributed by atoms with Crippen LogP contribution in [0.25, 0.3) is 0 Å². The summed E-state index contributed by atoms with van der Waals surface area (Å²) >= 11 is 0. The number of aromatic nitrogens is 2. The molecule has 1 N–H and O–H groups in total. The average Bonchev–Trinajstić information content (AvgIpc) is 2.77. The van der Waals surface area contributed by atoms with Gasteiger partial charge in [0.2, 0.25) is 0 Å². The number of nitrogens with zero attached hydrogens (tertiary/aromatic N) is 2. The van der Waals surface area contributed by atoms with Crippen LogP contribution in [0, 0.1) is 11.8 Å². The van der Waals surface area contributed by atoms with Gasteiger partial charge in [-0.2, -0.15) is 0 Å². The molecule has 1 aromatic rings. The molecule has 1 aliphatic rings. The summed E-state index contributed by atoms with van der Waals surface area (Å²) in [6, 6.07) is 0.411. The summed E-state index contributed by atoms with van der Waals surface area (Å²) in [5.41, 5.74) is 0. The second kappa shape index (κ2) is 5.43. The van der Waals surface area contributed by atoms with Crippen molar-refractivity contribution in [1.82, 2.24) is 9.55 Å². The van der Waals surface area contributed by atoms with Gasteiger partial charge in [0.05, 0.1) is 6.10 Å². The first kappa shape index (κ1) is 13.6. The van der Waals surface area contributed by atoms with E-state index in [0.717, 1.165) is 25.1 Å². The topological polar surface area (TPSA) is 38.0 Å². The minimum Gasteiger partial charge on any atom is -0.393 e. The molecule has 0 aromatic carbocycles. The third kappa shape index (κ3) is 2.61. The molecule has 1 fully saturated rings. The highest BCUT2D eigenvalue weighted by atomic mass is 16.3. The maximum absolute atomic E-state index is 9.97. The molecule has 18 heavy (non-hydrogen) atoms. The summed E-state index contributed by atoms with van der Waals surface area (Å²) in [6.45, 7) is 8.95. The van der Waals surface area contributed by atoms with Crippen molar-refractivity contribution < 1.29 is 5.11 Å². The molecule has 0 radical (unpaired) electrons. The van der Waals surface area contributed by atoms with Crippen LogP contribution in [0.2, 0.25) is 0 Å². The van der Waals surface area contributed by atoms with E-state index in [2.05, 4.69) is 43.4 Å². The van der Waals surface area contributed by atoms with Crippen molar-refractivity contribution in [3.05, 3.63) is 18.2 Å². The van der Waals surface area contributed by atoms with Gasteiger partial charge in [0.1, 0.15) is 5.82 Å². The Hall–Kier alpha value is -0.830. The second-order valence-corrected chi connectivity index (χ2v) is 6.29. The Kier molecular flexibility index (Phi) is 4.10. The molecule has 0 spiro atoms. The van der Waals surface area contributed by atoms with Gasteiger partial charge in [0.25, 0.3) is 0 Å². The molecule has 3 nitrogen and oxygen atoms in total. The summed E-state index contributed by atoms with van der Waals surface area (Å²) < 4.78 is 2.32. The van der Waals surface area contributed by atoms with Gasteiger partial charge in [-0.05, 0) is 31.1 Å². The molecule has 3 heteroatoms. The first-order chi connectivity index (χ1) is 8.50. The van der Waals surface area contributed by atoms with Gasteiger partial charge in [-0.25, -0.2) is 4.98 Å². The Labute approximate surface area is 110 Å². The van der Waals surface area contributed by atoms with Crippen molar-refractivity contribution in [3.8, 4) is 0 Å². The quantitative estimate of drug-likeness (QED) is 0.893. The van der Waals surface area contributed by atoms with E-state index in [1.165, 1.54) is 0 Å². The zero-order chi connectivity index (χ0) is 13.3. The van der Waals surface area contributed by atoms with Crippen molar-refractivity contribution in [2.24, 2.45) is 11.8 Å². The van der Waals surface area contributed by atoms with Gasteiger partial charge >= 0.3 is 0 Å². The molecular formula is C15H26N2O. The molecule has 1 saturated carbocycles. The Morgan fingerprint density at radius 2 is 2.00 bits per heavy atom. The van der Waals surface area contributed by atoms with E-state index in [4.69, 9.17) is 0 Å². The number of aliphatic hydroxyl groups is 1. The smallest absolute Gasteiger partial charge is 0.111 e. The SMILES string of the molecule is CC(C)c1nccn1C1CC(O)CCC1C(C)C. The van der Waals surface area contributed by atoms with Crippen LogP contribution in [0.5, 0.6) is 0 Å². The largest absolute Gasteiger partial charge is 0.393 e. The third-order valence-electron chi connectivity index (χ3n) is 4.27. The Morgan fingerprint density at radius 3 is 2.61 bits per heavy atom. The van der Waals surface area contributed by atoms with Crippen LogP contribution in [0.4, 0.5) is 0 Å². The number of imidazole rings is 1. The van der Waals surface area contributed by atoms with E-state index < -0.39 is 0 Å². The molecule has 2 rings (SSSR count). The van der Waals surface area contributed by atoms with Gasteiger partial charge in [-0.1, -0.05) is 27.7 Å². The van der Waals surface area contributed by atoms with Gasteiger partial charge in [0.15, 0.2) is 0 Å². The minimum absolute atomic E-state index is 0.146. The lowest BCUT2D eigenvalue weighted by atomic mass is 9.76. The van der Waals surface area contributed by atoms with E-state index >= 15 is 0 Å². The van der Waals surface area contributed by atoms with Crippen molar-refractivity contribution in [2.45, 2.75) is 65.0 Å². The lowest BCUT2D eigenvalue weighted by Crippen LogP contribution is -2.33. The first-order valence-corrected chi connectivity index (χ1v) is 7.21. The van der Waals surface area contributed by atoms with Crippen LogP contribution in [0.3, 0.4) is 0 Å². The Morgan fingerprint density at radius 1 is 1.28 bits per heavy atom. The van der Waals surface area contributed by atoms with E-state index in [-0.39, 0.29) is 6.10 Å². The maximum Gasteiger partial charge on any atom is 0.111 e. The van der Waals surface area contributed by atoms with Crippen LogP contribution in [0.15, 0.2) is 12.4 Å². The van der Waals surface area contributed by atoms with E-state index in [0.29, 0.717) is 23.8 Å². The number of hydrogen-bond acceptors (Lipinski definition) is 2. The monoisotopic (exact) mass is 250 g/mol. The van der Waals surface area contributed by atoms with E-state index in [1.807, 2.05) is 6.20 Å². The van der Waals surface area contributed by atoms with Gasteiger partial charge < -0.3 is 9.67 Å². The molecule has 102 valence electrons. The van der Waals surface area contributed by atoms with E-state index in [1.54, 1.807) is 0 Å². The highest BCUT2D eigenvalue weighted by Crippen LogP contribution is 2.39. The van der Waals surface area contributed by atoms with Crippen LogP contribution < -0.4 is 0 Å². The Bertz CT molecular complexity index is 384. The fourth-order valence-electron chi connectivity index (χ4n) is 3.30. The van der Waals surface area contributed by atoms with Gasteiger partial charge in [-0.15, -0.1) is 0 Å². The zero-order valence-electron chi connectivity index (χ0n) is 12.0. The van der Waals surface area contributed by atoms with Crippen molar-refractivity contribution in [3.63, 3.8) is 0 Å². The molecule has 3 unspecified atom stereocenters. The fourth-order valence-corrected chi connectivity index (χ4v) is 3.30. The highest BCUT2D eigenvalue weighted by molar-refractivity contribution is 5.02. The normalized spacial score (nSPS) is 29.2. The average molecular weight is 250 g/mol. The second-order valence-electron chi connectivity index (χ2n) is 6.29. The number of hydrogen-bond donors (Lipinski definition) is 1. The van der Waals surface area contributed by atoms with Crippen LogP contribution in [-0.4, -0.2) is 20.8 Å². The minimum atomic E-state index is -0.146.